The van der Waals surface area contributed by atoms with E-state index in [1.165, 1.54) is 17.4 Å². The average Bonchev–Trinajstić information content (AvgIpc) is 2.82. The molecule has 108 valence electrons. The molecule has 1 amide bonds. The van der Waals surface area contributed by atoms with Gasteiger partial charge in [0.05, 0.1) is 11.2 Å². The highest BCUT2D eigenvalue weighted by molar-refractivity contribution is 7.12. The molecule has 0 aliphatic carbocycles. The number of aromatic nitrogens is 1. The van der Waals surface area contributed by atoms with Crippen molar-refractivity contribution < 1.29 is 14.7 Å². The number of hydrogen-bond acceptors (Lipinski definition) is 4. The van der Waals surface area contributed by atoms with E-state index in [-0.39, 0.29) is 5.91 Å². The first kappa shape index (κ1) is 14.9. The molecular formula is C15H14N2O3S. The minimum Gasteiger partial charge on any atom is -0.478 e. The summed E-state index contributed by atoms with van der Waals surface area (Å²) in [5, 5.41) is 11.5. The lowest BCUT2D eigenvalue weighted by Crippen LogP contribution is -2.11. The van der Waals surface area contributed by atoms with Crippen LogP contribution in [0.3, 0.4) is 0 Å². The van der Waals surface area contributed by atoms with E-state index in [9.17, 15) is 9.59 Å². The van der Waals surface area contributed by atoms with Gasteiger partial charge in [-0.05, 0) is 43.2 Å². The molecule has 2 aromatic rings. The Morgan fingerprint density at radius 1 is 1.29 bits per heavy atom. The van der Waals surface area contributed by atoms with E-state index in [2.05, 4.69) is 10.3 Å². The zero-order valence-electron chi connectivity index (χ0n) is 11.6. The minimum absolute atomic E-state index is 0.214. The van der Waals surface area contributed by atoms with Crippen LogP contribution in [0.15, 0.2) is 29.8 Å². The van der Waals surface area contributed by atoms with Crippen molar-refractivity contribution in [1.29, 1.82) is 0 Å². The van der Waals surface area contributed by atoms with Crippen molar-refractivity contribution >= 4 is 35.0 Å². The quantitative estimate of drug-likeness (QED) is 0.850. The maximum atomic E-state index is 12.1. The molecule has 1 aromatic heterocycles. The van der Waals surface area contributed by atoms with Crippen molar-refractivity contribution in [1.82, 2.24) is 4.98 Å². The number of anilines is 1. The number of carboxylic acids is 1. The summed E-state index contributed by atoms with van der Waals surface area (Å²) in [5.74, 6) is -1.23. The van der Waals surface area contributed by atoms with Gasteiger partial charge in [0.1, 0.15) is 4.88 Å². The van der Waals surface area contributed by atoms with Crippen LogP contribution in [-0.4, -0.2) is 22.0 Å². The number of carbonyl (C=O) groups is 2. The van der Waals surface area contributed by atoms with Gasteiger partial charge < -0.3 is 10.4 Å². The molecule has 2 N–H and O–H groups in total. The Morgan fingerprint density at radius 2 is 2.05 bits per heavy atom. The molecule has 6 heteroatoms. The van der Waals surface area contributed by atoms with E-state index in [0.717, 1.165) is 11.6 Å². The van der Waals surface area contributed by atoms with Gasteiger partial charge in [-0.15, -0.1) is 11.3 Å². The highest BCUT2D eigenvalue weighted by Gasteiger charge is 2.12. The monoisotopic (exact) mass is 302 g/mol. The van der Waals surface area contributed by atoms with Gasteiger partial charge in [0.15, 0.2) is 0 Å². The Kier molecular flexibility index (Phi) is 4.49. The second kappa shape index (κ2) is 6.32. The standard InChI is InChI=1S/C15H14N2O3S/c1-9-5-11(3-4-13(18)19)7-12(6-9)17-15(20)14-10(2)16-8-21-14/h3-8H,1-2H3,(H,17,20)(H,18,19)/b4-3+. The summed E-state index contributed by atoms with van der Waals surface area (Å²) < 4.78 is 0. The molecule has 0 saturated heterocycles. The summed E-state index contributed by atoms with van der Waals surface area (Å²) in [6.07, 6.45) is 2.55. The maximum absolute atomic E-state index is 12.1. The third kappa shape index (κ3) is 4.00. The number of rotatable bonds is 4. The van der Waals surface area contributed by atoms with Gasteiger partial charge in [-0.25, -0.2) is 9.78 Å². The van der Waals surface area contributed by atoms with Gasteiger partial charge in [-0.1, -0.05) is 6.07 Å². The molecule has 0 atom stereocenters. The molecule has 0 aliphatic heterocycles. The molecular weight excluding hydrogens is 288 g/mol. The van der Waals surface area contributed by atoms with Crippen LogP contribution in [0.5, 0.6) is 0 Å². The number of aliphatic carboxylic acids is 1. The Labute approximate surface area is 126 Å². The fourth-order valence-corrected chi connectivity index (χ4v) is 2.55. The molecule has 2 rings (SSSR count). The highest BCUT2D eigenvalue weighted by atomic mass is 32.1. The van der Waals surface area contributed by atoms with E-state index in [0.29, 0.717) is 21.8 Å². The van der Waals surface area contributed by atoms with E-state index in [1.807, 2.05) is 19.1 Å². The number of nitrogens with one attached hydrogen (secondary N) is 1. The number of benzene rings is 1. The Morgan fingerprint density at radius 3 is 2.67 bits per heavy atom. The zero-order chi connectivity index (χ0) is 15.4. The summed E-state index contributed by atoms with van der Waals surface area (Å²) >= 11 is 1.28. The Balaban J connectivity index is 2.22. The lowest BCUT2D eigenvalue weighted by atomic mass is 10.1. The van der Waals surface area contributed by atoms with Crippen molar-refractivity contribution in [3.05, 3.63) is 51.5 Å². The predicted octanol–water partition coefficient (Wildman–Crippen LogP) is 3.11. The summed E-state index contributed by atoms with van der Waals surface area (Å²) in [4.78, 5) is 27.3. The first-order valence-electron chi connectivity index (χ1n) is 6.20. The normalized spacial score (nSPS) is 10.8. The number of amides is 1. The van der Waals surface area contributed by atoms with Gasteiger partial charge in [-0.2, -0.15) is 0 Å². The lowest BCUT2D eigenvalue weighted by Gasteiger charge is -2.07. The number of hydrogen-bond donors (Lipinski definition) is 2. The molecule has 0 radical (unpaired) electrons. The molecule has 0 bridgehead atoms. The van der Waals surface area contributed by atoms with Crippen molar-refractivity contribution in [2.75, 3.05) is 5.32 Å². The molecule has 0 unspecified atom stereocenters. The maximum Gasteiger partial charge on any atom is 0.328 e. The van der Waals surface area contributed by atoms with Gasteiger partial charge in [0.2, 0.25) is 0 Å². The van der Waals surface area contributed by atoms with Gasteiger partial charge in [0.25, 0.3) is 5.91 Å². The molecule has 1 heterocycles. The van der Waals surface area contributed by atoms with E-state index in [4.69, 9.17) is 5.11 Å². The molecule has 0 saturated carbocycles. The molecule has 21 heavy (non-hydrogen) atoms. The van der Waals surface area contributed by atoms with Gasteiger partial charge in [-0.3, -0.25) is 4.79 Å². The van der Waals surface area contributed by atoms with Gasteiger partial charge >= 0.3 is 5.97 Å². The highest BCUT2D eigenvalue weighted by Crippen LogP contribution is 2.19. The third-order valence-electron chi connectivity index (χ3n) is 2.73. The average molecular weight is 302 g/mol. The Bertz CT molecular complexity index is 719. The third-order valence-corrected chi connectivity index (χ3v) is 3.65. The van der Waals surface area contributed by atoms with Crippen LogP contribution in [0.4, 0.5) is 5.69 Å². The predicted molar refractivity (Wildman–Crippen MR) is 82.7 cm³/mol. The largest absolute Gasteiger partial charge is 0.478 e. The van der Waals surface area contributed by atoms with Crippen LogP contribution in [-0.2, 0) is 4.79 Å². The van der Waals surface area contributed by atoms with Crippen molar-refractivity contribution in [3.8, 4) is 0 Å². The summed E-state index contributed by atoms with van der Waals surface area (Å²) in [5.41, 5.74) is 4.59. The van der Waals surface area contributed by atoms with Crippen molar-refractivity contribution in [3.63, 3.8) is 0 Å². The lowest BCUT2D eigenvalue weighted by molar-refractivity contribution is -0.131. The number of aryl methyl sites for hydroxylation is 2. The van der Waals surface area contributed by atoms with Crippen LogP contribution in [0.2, 0.25) is 0 Å². The van der Waals surface area contributed by atoms with Crippen LogP contribution in [0, 0.1) is 13.8 Å². The first-order valence-corrected chi connectivity index (χ1v) is 7.08. The van der Waals surface area contributed by atoms with Crippen molar-refractivity contribution in [2.45, 2.75) is 13.8 Å². The van der Waals surface area contributed by atoms with Crippen molar-refractivity contribution in [2.24, 2.45) is 0 Å². The van der Waals surface area contributed by atoms with Crippen LogP contribution < -0.4 is 5.32 Å². The summed E-state index contributed by atoms with van der Waals surface area (Å²) in [7, 11) is 0. The SMILES string of the molecule is Cc1cc(/C=C/C(=O)O)cc(NC(=O)c2scnc2C)c1. The van der Waals surface area contributed by atoms with Gasteiger partial charge in [0, 0.05) is 11.8 Å². The fraction of sp³-hybridized carbons (Fsp3) is 0.133. The van der Waals surface area contributed by atoms with E-state index >= 15 is 0 Å². The summed E-state index contributed by atoms with van der Waals surface area (Å²) in [6.45, 7) is 3.66. The molecule has 0 aliphatic rings. The summed E-state index contributed by atoms with van der Waals surface area (Å²) in [6, 6.07) is 5.39. The van der Waals surface area contributed by atoms with E-state index in [1.54, 1.807) is 18.5 Å². The second-order valence-corrected chi connectivity index (χ2v) is 5.38. The number of nitrogens with zero attached hydrogens (tertiary/aromatic N) is 1. The van der Waals surface area contributed by atoms with Crippen LogP contribution in [0.1, 0.15) is 26.5 Å². The fourth-order valence-electron chi connectivity index (χ4n) is 1.86. The van der Waals surface area contributed by atoms with Crippen LogP contribution in [0.25, 0.3) is 6.08 Å². The smallest absolute Gasteiger partial charge is 0.328 e. The molecule has 5 nitrogen and oxygen atoms in total. The molecule has 0 fully saturated rings. The minimum atomic E-state index is -1.01. The van der Waals surface area contributed by atoms with Crippen LogP contribution >= 0.6 is 11.3 Å². The topological polar surface area (TPSA) is 79.3 Å². The number of thiazole rings is 1. The second-order valence-electron chi connectivity index (χ2n) is 4.52. The molecule has 0 spiro atoms. The molecule has 1 aromatic carbocycles. The Hall–Kier alpha value is -2.47. The van der Waals surface area contributed by atoms with E-state index < -0.39 is 5.97 Å². The number of carboxylic acid groups (broad SMARTS) is 1. The first-order chi connectivity index (χ1) is 9.95. The zero-order valence-corrected chi connectivity index (χ0v) is 12.4. The number of carbonyl (C=O) groups excluding carboxylic acids is 1.